The fourth-order valence-corrected chi connectivity index (χ4v) is 4.93. The minimum atomic E-state index is 0.232. The molecule has 2 bridgehead atoms. The van der Waals surface area contributed by atoms with E-state index in [-0.39, 0.29) is 18.0 Å². The van der Waals surface area contributed by atoms with E-state index in [1.165, 1.54) is 17.8 Å². The quantitative estimate of drug-likeness (QED) is 0.813. The van der Waals surface area contributed by atoms with Crippen LogP contribution < -0.4 is 0 Å². The second-order valence-corrected chi connectivity index (χ2v) is 9.25. The third-order valence-corrected chi connectivity index (χ3v) is 6.99. The predicted octanol–water partition coefficient (Wildman–Crippen LogP) is 2.74. The van der Waals surface area contributed by atoms with Gasteiger partial charge in [-0.25, -0.2) is 0 Å². The molecule has 0 spiro atoms. The first-order chi connectivity index (χ1) is 12.3. The van der Waals surface area contributed by atoms with Crippen LogP contribution in [0.4, 0.5) is 0 Å². The number of aryl methyl sites for hydroxylation is 2. The molecule has 2 amide bonds. The average molecular weight is 357 g/mol. The van der Waals surface area contributed by atoms with Crippen LogP contribution in [0, 0.1) is 25.2 Å². The van der Waals surface area contributed by atoms with E-state index in [4.69, 9.17) is 0 Å². The van der Waals surface area contributed by atoms with Crippen molar-refractivity contribution in [3.63, 3.8) is 0 Å². The first kappa shape index (κ1) is 17.6. The van der Waals surface area contributed by atoms with Gasteiger partial charge in [0, 0.05) is 43.9 Å². The van der Waals surface area contributed by atoms with Gasteiger partial charge in [-0.1, -0.05) is 13.8 Å². The highest BCUT2D eigenvalue weighted by Gasteiger charge is 2.50. The number of aromatic nitrogens is 1. The molecule has 4 rings (SSSR count). The zero-order valence-electron chi connectivity index (χ0n) is 16.5. The number of hydrogen-bond donors (Lipinski definition) is 0. The number of likely N-dealkylation sites (tertiary alicyclic amines) is 2. The van der Waals surface area contributed by atoms with Gasteiger partial charge in [0.05, 0.1) is 12.1 Å². The van der Waals surface area contributed by atoms with Gasteiger partial charge in [-0.3, -0.25) is 9.59 Å². The summed E-state index contributed by atoms with van der Waals surface area (Å²) in [5.41, 5.74) is 2.77. The van der Waals surface area contributed by atoms with E-state index in [0.29, 0.717) is 30.1 Å². The van der Waals surface area contributed by atoms with Crippen LogP contribution >= 0.6 is 0 Å². The maximum absolute atomic E-state index is 12.7. The Kier molecular flexibility index (Phi) is 4.16. The van der Waals surface area contributed by atoms with Crippen LogP contribution in [0.1, 0.15) is 50.9 Å². The van der Waals surface area contributed by atoms with E-state index in [9.17, 15) is 9.59 Å². The van der Waals surface area contributed by atoms with Crippen molar-refractivity contribution >= 4 is 11.8 Å². The van der Waals surface area contributed by atoms with Crippen molar-refractivity contribution < 1.29 is 9.59 Å². The topological polar surface area (TPSA) is 45.6 Å². The summed E-state index contributed by atoms with van der Waals surface area (Å²) < 4.78 is 2.21. The minimum Gasteiger partial charge on any atom is -0.349 e. The number of amides is 2. The van der Waals surface area contributed by atoms with E-state index in [1.807, 2.05) is 4.90 Å². The molecule has 26 heavy (non-hydrogen) atoms. The molecule has 0 radical (unpaired) electrons. The lowest BCUT2D eigenvalue weighted by molar-refractivity contribution is -0.140. The van der Waals surface area contributed by atoms with Crippen LogP contribution in [0.15, 0.2) is 12.1 Å². The van der Waals surface area contributed by atoms with Gasteiger partial charge >= 0.3 is 0 Å². The second kappa shape index (κ2) is 6.14. The maximum atomic E-state index is 12.7. The summed E-state index contributed by atoms with van der Waals surface area (Å²) >= 11 is 0. The standard InChI is InChI=1S/C21H31N3O2/c1-14-5-6-15(2)22(14)8-7-19(25)23-12-18-10-17(23)13-24(18)20(26)9-16-11-21(16,3)4/h5-6,16-18H,7-13H2,1-4H3/t16?,17-,18-/m0/s1. The molecule has 5 heteroatoms. The van der Waals surface area contributed by atoms with E-state index in [1.54, 1.807) is 0 Å². The molecule has 1 unspecified atom stereocenters. The molecule has 142 valence electrons. The van der Waals surface area contributed by atoms with Crippen molar-refractivity contribution in [2.75, 3.05) is 13.1 Å². The Morgan fingerprint density at radius 3 is 2.08 bits per heavy atom. The van der Waals surface area contributed by atoms with Crippen LogP contribution in [0.2, 0.25) is 0 Å². The molecular formula is C21H31N3O2. The largest absolute Gasteiger partial charge is 0.349 e. The zero-order chi connectivity index (χ0) is 18.6. The Balaban J connectivity index is 1.29. The van der Waals surface area contributed by atoms with Gasteiger partial charge in [0.1, 0.15) is 0 Å². The fraction of sp³-hybridized carbons (Fsp3) is 0.714. The Morgan fingerprint density at radius 1 is 1.04 bits per heavy atom. The molecule has 5 nitrogen and oxygen atoms in total. The summed E-state index contributed by atoms with van der Waals surface area (Å²) in [7, 11) is 0. The van der Waals surface area contributed by atoms with Crippen molar-refractivity contribution in [1.29, 1.82) is 0 Å². The van der Waals surface area contributed by atoms with E-state index >= 15 is 0 Å². The summed E-state index contributed by atoms with van der Waals surface area (Å²) in [4.78, 5) is 29.4. The van der Waals surface area contributed by atoms with Gasteiger partial charge in [0.15, 0.2) is 0 Å². The minimum absolute atomic E-state index is 0.232. The lowest BCUT2D eigenvalue weighted by Crippen LogP contribution is -2.50. The number of fused-ring (bicyclic) bond motifs is 2. The lowest BCUT2D eigenvalue weighted by Gasteiger charge is -2.34. The first-order valence-corrected chi connectivity index (χ1v) is 9.98. The predicted molar refractivity (Wildman–Crippen MR) is 101 cm³/mol. The summed E-state index contributed by atoms with van der Waals surface area (Å²) in [6, 6.07) is 4.67. The van der Waals surface area contributed by atoms with Crippen LogP contribution in [0.25, 0.3) is 0 Å². The molecule has 1 aliphatic carbocycles. The second-order valence-electron chi connectivity index (χ2n) is 9.25. The fourth-order valence-electron chi connectivity index (χ4n) is 4.93. The van der Waals surface area contributed by atoms with Gasteiger partial charge in [0.25, 0.3) is 0 Å². The van der Waals surface area contributed by atoms with Crippen molar-refractivity contribution in [1.82, 2.24) is 14.4 Å². The molecule has 0 aromatic carbocycles. The molecule has 2 aliphatic heterocycles. The van der Waals surface area contributed by atoms with Gasteiger partial charge < -0.3 is 14.4 Å². The van der Waals surface area contributed by atoms with Crippen LogP contribution in [0.3, 0.4) is 0 Å². The van der Waals surface area contributed by atoms with Crippen LogP contribution in [-0.2, 0) is 16.1 Å². The van der Waals surface area contributed by atoms with Crippen molar-refractivity contribution in [2.45, 2.75) is 72.0 Å². The van der Waals surface area contributed by atoms with Gasteiger partial charge in [-0.15, -0.1) is 0 Å². The number of carbonyl (C=O) groups excluding carboxylic acids is 2. The van der Waals surface area contributed by atoms with Crippen molar-refractivity contribution in [2.24, 2.45) is 11.3 Å². The van der Waals surface area contributed by atoms with Gasteiger partial charge in [-0.2, -0.15) is 0 Å². The van der Waals surface area contributed by atoms with E-state index < -0.39 is 0 Å². The third kappa shape index (κ3) is 3.06. The zero-order valence-corrected chi connectivity index (χ0v) is 16.5. The summed E-state index contributed by atoms with van der Waals surface area (Å²) in [5.74, 6) is 1.10. The van der Waals surface area contributed by atoms with Crippen LogP contribution in [0.5, 0.6) is 0 Å². The number of hydrogen-bond acceptors (Lipinski definition) is 2. The van der Waals surface area contributed by atoms with Gasteiger partial charge in [0.2, 0.25) is 11.8 Å². The molecule has 1 aromatic rings. The monoisotopic (exact) mass is 357 g/mol. The van der Waals surface area contributed by atoms with Gasteiger partial charge in [-0.05, 0) is 50.2 Å². The Hall–Kier alpha value is -1.78. The molecule has 3 atom stereocenters. The SMILES string of the molecule is Cc1ccc(C)n1CCC(=O)N1C[C@@H]2C[C@H]1CN2C(=O)CC1CC1(C)C. The molecular weight excluding hydrogens is 326 g/mol. The Morgan fingerprint density at radius 2 is 1.58 bits per heavy atom. The third-order valence-electron chi connectivity index (χ3n) is 6.99. The number of piperazine rings is 1. The molecule has 1 aromatic heterocycles. The number of nitrogens with zero attached hydrogens (tertiary/aromatic N) is 3. The highest BCUT2D eigenvalue weighted by atomic mass is 16.2. The molecule has 2 saturated heterocycles. The Bertz CT molecular complexity index is 716. The molecule has 3 fully saturated rings. The number of carbonyl (C=O) groups is 2. The highest BCUT2D eigenvalue weighted by molar-refractivity contribution is 5.80. The summed E-state index contributed by atoms with van der Waals surface area (Å²) in [6.07, 6.45) is 3.37. The van der Waals surface area contributed by atoms with Crippen LogP contribution in [-0.4, -0.2) is 51.4 Å². The van der Waals surface area contributed by atoms with E-state index in [2.05, 4.69) is 49.3 Å². The number of rotatable bonds is 5. The molecule has 3 aliphatic rings. The molecule has 3 heterocycles. The Labute approximate surface area is 156 Å². The van der Waals surface area contributed by atoms with Crippen molar-refractivity contribution in [3.8, 4) is 0 Å². The van der Waals surface area contributed by atoms with E-state index in [0.717, 1.165) is 26.1 Å². The normalized spacial score (nSPS) is 28.7. The molecule has 1 saturated carbocycles. The summed E-state index contributed by atoms with van der Waals surface area (Å²) in [5, 5.41) is 0. The lowest BCUT2D eigenvalue weighted by atomic mass is 10.1. The van der Waals surface area contributed by atoms with Crippen molar-refractivity contribution in [3.05, 3.63) is 23.5 Å². The highest BCUT2D eigenvalue weighted by Crippen LogP contribution is 2.54. The smallest absolute Gasteiger partial charge is 0.224 e. The maximum Gasteiger partial charge on any atom is 0.224 e. The summed E-state index contributed by atoms with van der Waals surface area (Å²) in [6.45, 7) is 10.9. The molecule has 0 N–H and O–H groups in total. The first-order valence-electron chi connectivity index (χ1n) is 9.98. The average Bonchev–Trinajstić information content (AvgIpc) is 2.99.